The predicted octanol–water partition coefficient (Wildman–Crippen LogP) is 3.48. The molecular weight excluding hydrogens is 242 g/mol. The molecule has 0 saturated heterocycles. The van der Waals surface area contributed by atoms with E-state index in [4.69, 9.17) is 37.7 Å². The quantitative estimate of drug-likeness (QED) is 0.285. The number of nitrogens with zero attached hydrogens (tertiary/aromatic N) is 1. The summed E-state index contributed by atoms with van der Waals surface area (Å²) in [5.41, 5.74) is 0. The maximum atomic E-state index is 5.54. The third-order valence-corrected chi connectivity index (χ3v) is 4.06. The van der Waals surface area contributed by atoms with Crippen molar-refractivity contribution in [1.29, 1.82) is 0 Å². The van der Waals surface area contributed by atoms with Crippen molar-refractivity contribution >= 4 is 42.0 Å². The second kappa shape index (κ2) is 8.74. The summed E-state index contributed by atoms with van der Waals surface area (Å²) in [5, 5.41) is 0. The van der Waals surface area contributed by atoms with Crippen LogP contribution in [0.2, 0.25) is 0 Å². The Balaban J connectivity index is 4.01. The minimum absolute atomic E-state index is 0.407. The van der Waals surface area contributed by atoms with Crippen LogP contribution in [0.25, 0.3) is 0 Å². The van der Waals surface area contributed by atoms with Gasteiger partial charge in [0.25, 0.3) is 0 Å². The van der Waals surface area contributed by atoms with Gasteiger partial charge in [-0.25, -0.2) is 0 Å². The molecule has 0 aliphatic carbocycles. The average Bonchev–Trinajstić information content (AvgIpc) is 2.18. The molecule has 0 radical (unpaired) electrons. The molecule has 0 fully saturated rings. The van der Waals surface area contributed by atoms with Gasteiger partial charge in [-0.2, -0.15) is 0 Å². The van der Waals surface area contributed by atoms with Gasteiger partial charge < -0.3 is 41.5 Å². The first kappa shape index (κ1) is 15.6. The third kappa shape index (κ3) is 6.72. The fourth-order valence-corrected chi connectivity index (χ4v) is 2.15. The normalized spacial score (nSPS) is 11.7. The summed E-state index contributed by atoms with van der Waals surface area (Å²) in [6.07, 6.45) is 7.17. The van der Waals surface area contributed by atoms with Crippen LogP contribution in [-0.4, -0.2) is 21.3 Å². The first-order chi connectivity index (χ1) is 7.06. The molecule has 0 aliphatic rings. The predicted molar refractivity (Wildman–Crippen MR) is 76.4 cm³/mol. The fraction of sp³-hybridized carbons (Fsp3) is 0.909. The van der Waals surface area contributed by atoms with Gasteiger partial charge in [-0.3, -0.25) is 0 Å². The zero-order chi connectivity index (χ0) is 11.7. The molecule has 0 aromatic carbocycles. The van der Waals surface area contributed by atoms with E-state index in [1.807, 2.05) is 0 Å². The van der Waals surface area contributed by atoms with E-state index in [-0.39, 0.29) is 0 Å². The molecule has 90 valence electrons. The standard InChI is InChI=1S/C11H23NS3/c1-3-5-7-9-12(15,11(13)14)10-8-6-4-2/h3-10H2,1-2H3,(H,13,14)/p-1. The SMILES string of the molecule is CCCCC[N+]([S-])(CCCCC)C(=S)[S-]. The Bertz CT molecular complexity index is 173. The van der Waals surface area contributed by atoms with Crippen LogP contribution in [0.5, 0.6) is 0 Å². The summed E-state index contributed by atoms with van der Waals surface area (Å²) >= 11 is 15.8. The second-order valence-corrected chi connectivity index (χ2v) is 5.75. The van der Waals surface area contributed by atoms with Gasteiger partial charge in [0.05, 0.1) is 13.1 Å². The van der Waals surface area contributed by atoms with E-state index in [2.05, 4.69) is 13.8 Å². The van der Waals surface area contributed by atoms with Gasteiger partial charge in [-0.05, 0) is 25.7 Å². The fourth-order valence-electron chi connectivity index (χ4n) is 1.53. The highest BCUT2D eigenvalue weighted by atomic mass is 32.1. The van der Waals surface area contributed by atoms with Gasteiger partial charge in [0.1, 0.15) is 0 Å². The summed E-state index contributed by atoms with van der Waals surface area (Å²) < 4.78 is 0.960. The van der Waals surface area contributed by atoms with Crippen molar-refractivity contribution in [2.24, 2.45) is 0 Å². The van der Waals surface area contributed by atoms with E-state index in [0.717, 1.165) is 25.9 Å². The first-order valence-corrected chi connectivity index (χ1v) is 7.04. The minimum atomic E-state index is 0.407. The molecule has 0 bridgehead atoms. The van der Waals surface area contributed by atoms with E-state index in [9.17, 15) is 0 Å². The van der Waals surface area contributed by atoms with Crippen LogP contribution >= 0.6 is 12.2 Å². The summed E-state index contributed by atoms with van der Waals surface area (Å²) in [4.78, 5) is 0. The molecule has 0 N–H and O–H groups in total. The zero-order valence-corrected chi connectivity index (χ0v) is 12.3. The van der Waals surface area contributed by atoms with Crippen LogP contribution in [0.1, 0.15) is 52.4 Å². The van der Waals surface area contributed by atoms with E-state index >= 15 is 0 Å². The molecule has 0 aliphatic heterocycles. The van der Waals surface area contributed by atoms with Gasteiger partial charge in [-0.15, -0.1) is 0 Å². The Kier molecular flexibility index (Phi) is 9.10. The Morgan fingerprint density at radius 3 is 1.67 bits per heavy atom. The van der Waals surface area contributed by atoms with Gasteiger partial charge >= 0.3 is 0 Å². The minimum Gasteiger partial charge on any atom is -0.489 e. The van der Waals surface area contributed by atoms with E-state index < -0.39 is 0 Å². The molecule has 1 nitrogen and oxygen atoms in total. The van der Waals surface area contributed by atoms with Crippen LogP contribution in [-0.2, 0) is 25.4 Å². The number of rotatable bonds is 8. The maximum absolute atomic E-state index is 5.54. The van der Waals surface area contributed by atoms with Crippen LogP contribution in [0, 0.1) is 0 Å². The number of quaternary nitrogens is 1. The van der Waals surface area contributed by atoms with E-state index in [1.54, 1.807) is 0 Å². The number of hydrogen-bond donors (Lipinski definition) is 0. The van der Waals surface area contributed by atoms with Crippen LogP contribution in [0.15, 0.2) is 0 Å². The summed E-state index contributed by atoms with van der Waals surface area (Å²) in [7, 11) is 0. The number of thiocarbonyl (C=S) groups is 1. The van der Waals surface area contributed by atoms with Crippen molar-refractivity contribution in [3.05, 3.63) is 0 Å². The molecule has 0 atom stereocenters. The van der Waals surface area contributed by atoms with Crippen molar-refractivity contribution in [3.8, 4) is 0 Å². The molecule has 15 heavy (non-hydrogen) atoms. The molecular formula is C11H22NS3-. The molecule has 0 aromatic heterocycles. The van der Waals surface area contributed by atoms with Crippen LogP contribution < -0.4 is 0 Å². The summed E-state index contributed by atoms with van der Waals surface area (Å²) in [6, 6.07) is 0. The third-order valence-electron chi connectivity index (χ3n) is 2.58. The largest absolute Gasteiger partial charge is 0.489 e. The Morgan fingerprint density at radius 1 is 1.00 bits per heavy atom. The Labute approximate surface area is 111 Å². The number of unbranched alkanes of at least 4 members (excludes halogenated alkanes) is 4. The molecule has 4 heteroatoms. The monoisotopic (exact) mass is 264 g/mol. The Hall–Kier alpha value is 0.620. The van der Waals surface area contributed by atoms with Gasteiger partial charge in [-0.1, -0.05) is 26.7 Å². The van der Waals surface area contributed by atoms with Crippen LogP contribution in [0.4, 0.5) is 0 Å². The lowest BCUT2D eigenvalue weighted by atomic mass is 10.2. The highest BCUT2D eigenvalue weighted by Gasteiger charge is 2.11. The number of hydrogen-bond acceptors (Lipinski definition) is 3. The van der Waals surface area contributed by atoms with Gasteiger partial charge in [0.2, 0.25) is 0 Å². The zero-order valence-electron chi connectivity index (χ0n) is 9.83. The van der Waals surface area contributed by atoms with Crippen molar-refractivity contribution in [1.82, 2.24) is 0 Å². The molecule has 0 unspecified atom stereocenters. The molecule has 0 rings (SSSR count). The lowest BCUT2D eigenvalue weighted by molar-refractivity contribution is -0.691. The summed E-state index contributed by atoms with van der Waals surface area (Å²) in [5.74, 6) is 0. The molecule has 0 aromatic rings. The molecule has 0 amide bonds. The molecule has 0 spiro atoms. The van der Waals surface area contributed by atoms with Gasteiger partial charge in [0, 0.05) is 4.32 Å². The molecule has 0 saturated carbocycles. The lowest BCUT2D eigenvalue weighted by Crippen LogP contribution is -2.47. The van der Waals surface area contributed by atoms with Crippen molar-refractivity contribution in [2.75, 3.05) is 13.1 Å². The smallest absolute Gasteiger partial charge is 0.0656 e. The first-order valence-electron chi connectivity index (χ1n) is 5.86. The van der Waals surface area contributed by atoms with Crippen molar-refractivity contribution < 1.29 is 3.89 Å². The van der Waals surface area contributed by atoms with E-state index in [0.29, 0.717) is 8.21 Å². The van der Waals surface area contributed by atoms with E-state index in [1.165, 1.54) is 25.7 Å². The second-order valence-electron chi connectivity index (χ2n) is 4.02. The van der Waals surface area contributed by atoms with Gasteiger partial charge in [0.15, 0.2) is 0 Å². The Morgan fingerprint density at radius 2 is 1.40 bits per heavy atom. The maximum Gasteiger partial charge on any atom is 0.0656 e. The van der Waals surface area contributed by atoms with Crippen LogP contribution in [0.3, 0.4) is 0 Å². The average molecular weight is 265 g/mol. The highest BCUT2D eigenvalue weighted by molar-refractivity contribution is 8.00. The highest BCUT2D eigenvalue weighted by Crippen LogP contribution is 2.12. The van der Waals surface area contributed by atoms with Crippen molar-refractivity contribution in [3.63, 3.8) is 0 Å². The topological polar surface area (TPSA) is 0 Å². The molecule has 0 heterocycles. The lowest BCUT2D eigenvalue weighted by Gasteiger charge is -2.47. The summed E-state index contributed by atoms with van der Waals surface area (Å²) in [6.45, 7) is 6.27. The van der Waals surface area contributed by atoms with Crippen molar-refractivity contribution in [2.45, 2.75) is 52.4 Å².